The number of fused-ring (bicyclic) bond motifs is 2. The summed E-state index contributed by atoms with van der Waals surface area (Å²) in [5.74, 6) is -3.26. The van der Waals surface area contributed by atoms with Gasteiger partial charge in [0.2, 0.25) is 17.7 Å². The third-order valence-corrected chi connectivity index (χ3v) is 10.8. The van der Waals surface area contributed by atoms with Crippen molar-refractivity contribution in [2.45, 2.75) is 109 Å². The van der Waals surface area contributed by atoms with Crippen molar-refractivity contribution >= 4 is 39.6 Å². The van der Waals surface area contributed by atoms with Crippen LogP contribution in [-0.2, 0) is 28.7 Å². The van der Waals surface area contributed by atoms with Gasteiger partial charge >= 0.3 is 5.97 Å². The Morgan fingerprint density at radius 3 is 2.39 bits per heavy atom. The second-order valence-electron chi connectivity index (χ2n) is 15.6. The molecule has 4 heterocycles. The first-order valence-corrected chi connectivity index (χ1v) is 18.5. The van der Waals surface area contributed by atoms with Crippen LogP contribution in [0.3, 0.4) is 0 Å². The Hall–Kier alpha value is -3.02. The van der Waals surface area contributed by atoms with Gasteiger partial charge in [0.15, 0.2) is 0 Å². The van der Waals surface area contributed by atoms with Gasteiger partial charge in [-0.05, 0) is 56.6 Å². The Morgan fingerprint density at radius 2 is 1.69 bits per heavy atom. The second kappa shape index (κ2) is 15.1. The highest BCUT2D eigenvalue weighted by Crippen LogP contribution is 2.59. The molecule has 6 atom stereocenters. The number of carbonyl (C=O) groups is 4. The molecule has 2 fully saturated rings. The van der Waals surface area contributed by atoms with Crippen LogP contribution >= 0.6 is 15.9 Å². The van der Waals surface area contributed by atoms with E-state index in [-0.39, 0.29) is 49.3 Å². The SMILES string of the molecule is CC(C)(C)CC(C)(C)N1C/C=C\CCC(=O)NC[C@H](c2ccccc2)OC(=O)[C@H]2[C@@H]3O[C@@]4(C=C3Br)[C@@H]2C(=O)N(CCCCCCO)[C@@H]4C1=O. The summed E-state index contributed by atoms with van der Waals surface area (Å²) in [7, 11) is 0. The lowest BCUT2D eigenvalue weighted by atomic mass is 9.74. The number of hydrogen-bond donors (Lipinski definition) is 2. The van der Waals surface area contributed by atoms with Gasteiger partial charge in [-0.25, -0.2) is 0 Å². The van der Waals surface area contributed by atoms with Gasteiger partial charge in [0.05, 0.1) is 12.5 Å². The van der Waals surface area contributed by atoms with Crippen molar-refractivity contribution in [2.24, 2.45) is 17.3 Å². The Morgan fingerprint density at radius 1 is 0.980 bits per heavy atom. The number of hydrogen-bond acceptors (Lipinski definition) is 7. The lowest BCUT2D eigenvalue weighted by Gasteiger charge is -2.45. The standard InChI is InChI=1S/C38H52BrN3O7/c1-36(2,3)24-37(4,5)42-20-14-9-12-18-28(44)40-23-27(25-16-10-8-11-17-25)48-35(47)29-30-33(45)41(19-13-6-7-15-21-43)32(34(42)46)38(30)22-26(39)31(29)49-38/h8-11,14,16-17,22,27,29-32,43H,6-7,12-13,15,18-21,23-24H2,1-5H3,(H,40,44)/b14-9-/t27-,29-,30+,31-,32-,38+/m1/s1. The van der Waals surface area contributed by atoms with Crippen LogP contribution in [0.5, 0.6) is 0 Å². The number of carbonyl (C=O) groups excluding carboxylic acids is 4. The number of unbranched alkanes of at least 4 members (excludes halogenated alkanes) is 3. The van der Waals surface area contributed by atoms with Crippen molar-refractivity contribution in [3.05, 3.63) is 58.6 Å². The van der Waals surface area contributed by atoms with Crippen LogP contribution in [0.25, 0.3) is 0 Å². The van der Waals surface area contributed by atoms with Gasteiger partial charge in [0.25, 0.3) is 0 Å². The average molecular weight is 743 g/mol. The number of aliphatic hydroxyl groups is 1. The lowest BCUT2D eigenvalue weighted by Crippen LogP contribution is -2.60. The number of amides is 3. The highest BCUT2D eigenvalue weighted by atomic mass is 79.9. The molecule has 5 bridgehead atoms. The summed E-state index contributed by atoms with van der Waals surface area (Å²) in [5.41, 5.74) is -1.36. The molecule has 0 radical (unpaired) electrons. The lowest BCUT2D eigenvalue weighted by molar-refractivity contribution is -0.160. The smallest absolute Gasteiger partial charge is 0.313 e. The summed E-state index contributed by atoms with van der Waals surface area (Å²) in [6, 6.07) is 8.24. The zero-order valence-corrected chi connectivity index (χ0v) is 31.0. The van der Waals surface area contributed by atoms with Gasteiger partial charge in [0, 0.05) is 36.1 Å². The van der Waals surface area contributed by atoms with E-state index in [1.165, 1.54) is 0 Å². The summed E-state index contributed by atoms with van der Waals surface area (Å²) in [4.78, 5) is 60.5. The molecule has 0 unspecified atom stereocenters. The van der Waals surface area contributed by atoms with E-state index in [1.807, 2.05) is 67.3 Å². The molecule has 268 valence electrons. The molecule has 4 aliphatic rings. The number of halogens is 1. The largest absolute Gasteiger partial charge is 0.455 e. The van der Waals surface area contributed by atoms with E-state index in [4.69, 9.17) is 9.47 Å². The second-order valence-corrected chi connectivity index (χ2v) is 16.6. The number of aliphatic hydroxyl groups excluding tert-OH is 1. The Labute approximate surface area is 298 Å². The zero-order chi connectivity index (χ0) is 35.6. The van der Waals surface area contributed by atoms with Crippen LogP contribution in [0.2, 0.25) is 0 Å². The molecule has 2 N–H and O–H groups in total. The molecule has 1 spiro atoms. The normalized spacial score (nSPS) is 30.3. The molecule has 1 aromatic carbocycles. The topological polar surface area (TPSA) is 125 Å². The molecule has 5 rings (SSSR count). The maximum Gasteiger partial charge on any atom is 0.313 e. The van der Waals surface area contributed by atoms with Gasteiger partial charge in [-0.1, -0.05) is 92.0 Å². The highest BCUT2D eigenvalue weighted by molar-refractivity contribution is 9.11. The molecule has 10 nitrogen and oxygen atoms in total. The van der Waals surface area contributed by atoms with E-state index in [2.05, 4.69) is 42.0 Å². The predicted molar refractivity (Wildman–Crippen MR) is 189 cm³/mol. The third kappa shape index (κ3) is 7.84. The summed E-state index contributed by atoms with van der Waals surface area (Å²) >= 11 is 3.64. The van der Waals surface area contributed by atoms with Gasteiger partial charge in [-0.2, -0.15) is 0 Å². The Bertz CT molecular complexity index is 1450. The van der Waals surface area contributed by atoms with Crippen molar-refractivity contribution in [2.75, 3.05) is 26.2 Å². The van der Waals surface area contributed by atoms with Crippen molar-refractivity contribution in [3.63, 3.8) is 0 Å². The first-order valence-electron chi connectivity index (χ1n) is 17.7. The van der Waals surface area contributed by atoms with E-state index in [0.29, 0.717) is 36.7 Å². The van der Waals surface area contributed by atoms with Crippen molar-refractivity contribution in [3.8, 4) is 0 Å². The number of rotatable bonds is 9. The molecule has 0 aliphatic carbocycles. The van der Waals surface area contributed by atoms with Crippen LogP contribution in [-0.4, -0.2) is 88.1 Å². The van der Waals surface area contributed by atoms with Crippen LogP contribution in [0.15, 0.2) is 53.0 Å². The maximum atomic E-state index is 15.2. The van der Waals surface area contributed by atoms with Crippen LogP contribution < -0.4 is 5.32 Å². The number of ether oxygens (including phenoxy) is 2. The molecule has 4 aliphatic heterocycles. The fourth-order valence-corrected chi connectivity index (χ4v) is 9.09. The van der Waals surface area contributed by atoms with Gasteiger partial charge in [-0.3, -0.25) is 19.2 Å². The minimum absolute atomic E-state index is 0.0765. The average Bonchev–Trinajstić information content (AvgIpc) is 3.62. The number of likely N-dealkylation sites (tertiary alicyclic amines) is 1. The van der Waals surface area contributed by atoms with E-state index in [9.17, 15) is 19.5 Å². The monoisotopic (exact) mass is 741 g/mol. The van der Waals surface area contributed by atoms with Gasteiger partial charge < -0.3 is 29.7 Å². The molecule has 0 aromatic heterocycles. The van der Waals surface area contributed by atoms with E-state index in [1.54, 1.807) is 4.90 Å². The number of nitrogens with one attached hydrogen (secondary N) is 1. The molecule has 1 aromatic rings. The summed E-state index contributed by atoms with van der Waals surface area (Å²) < 4.78 is 13.5. The molecule has 49 heavy (non-hydrogen) atoms. The Balaban J connectivity index is 1.59. The van der Waals surface area contributed by atoms with Crippen molar-refractivity contribution < 1.29 is 33.8 Å². The summed E-state index contributed by atoms with van der Waals surface area (Å²) in [6.45, 7) is 11.3. The van der Waals surface area contributed by atoms with E-state index >= 15 is 4.79 Å². The van der Waals surface area contributed by atoms with Crippen molar-refractivity contribution in [1.82, 2.24) is 15.1 Å². The van der Waals surface area contributed by atoms with Crippen molar-refractivity contribution in [1.29, 1.82) is 0 Å². The minimum Gasteiger partial charge on any atom is -0.455 e. The number of cyclic esters (lactones) is 1. The van der Waals surface area contributed by atoms with E-state index < -0.39 is 47.2 Å². The number of esters is 1. The summed E-state index contributed by atoms with van der Waals surface area (Å²) in [6.07, 6.45) is 8.42. The number of nitrogens with zero attached hydrogens (tertiary/aromatic N) is 2. The first kappa shape index (κ1) is 37.2. The molecule has 11 heteroatoms. The zero-order valence-electron chi connectivity index (χ0n) is 29.5. The third-order valence-electron chi connectivity index (χ3n) is 10.1. The molecule has 0 saturated carbocycles. The maximum absolute atomic E-state index is 15.2. The highest BCUT2D eigenvalue weighted by Gasteiger charge is 2.75. The molecule has 3 amide bonds. The molecular formula is C38H52BrN3O7. The first-order chi connectivity index (χ1) is 23.2. The fourth-order valence-electron chi connectivity index (χ4n) is 8.35. The fraction of sp³-hybridized carbons (Fsp3) is 0.632. The van der Waals surface area contributed by atoms with E-state index in [0.717, 1.165) is 18.4 Å². The molecular weight excluding hydrogens is 690 g/mol. The summed E-state index contributed by atoms with van der Waals surface area (Å²) in [5, 5.41) is 12.2. The van der Waals surface area contributed by atoms with Crippen LogP contribution in [0.4, 0.5) is 0 Å². The minimum atomic E-state index is -1.36. The molecule has 2 saturated heterocycles. The van der Waals surface area contributed by atoms with Crippen LogP contribution in [0, 0.1) is 17.3 Å². The predicted octanol–water partition coefficient (Wildman–Crippen LogP) is 5.21. The van der Waals surface area contributed by atoms with Gasteiger partial charge in [-0.15, -0.1) is 0 Å². The Kier molecular flexibility index (Phi) is 11.5. The number of allylic oxidation sites excluding steroid dienone is 1. The quantitative estimate of drug-likeness (QED) is 0.202. The number of benzene rings is 1. The van der Waals surface area contributed by atoms with Gasteiger partial charge in [0.1, 0.15) is 29.8 Å². The van der Waals surface area contributed by atoms with Crippen LogP contribution in [0.1, 0.15) is 91.2 Å².